The van der Waals surface area contributed by atoms with E-state index in [1.165, 1.54) is 12.3 Å². The van der Waals surface area contributed by atoms with Crippen molar-refractivity contribution in [3.8, 4) is 6.07 Å². The lowest BCUT2D eigenvalue weighted by atomic mass is 10.3. The number of halogens is 1. The summed E-state index contributed by atoms with van der Waals surface area (Å²) < 4.78 is 0.878. The Morgan fingerprint density at radius 1 is 1.71 bits per heavy atom. The smallest absolute Gasteiger partial charge is 0.323 e. The normalized spacial score (nSPS) is 9.43. The highest BCUT2D eigenvalue weighted by molar-refractivity contribution is 6.30. The summed E-state index contributed by atoms with van der Waals surface area (Å²) in [6.45, 7) is -0.506. The van der Waals surface area contributed by atoms with Crippen molar-refractivity contribution in [3.05, 3.63) is 33.2 Å². The first kappa shape index (κ1) is 10.3. The fourth-order valence-electron chi connectivity index (χ4n) is 0.942. The second-order valence-corrected chi connectivity index (χ2v) is 2.95. The fraction of sp³-hybridized carbons (Fsp3) is 0.125. The van der Waals surface area contributed by atoms with Crippen LogP contribution in [0.4, 0.5) is 0 Å². The Balaban J connectivity index is 3.31. The minimum Gasteiger partial charge on any atom is -0.480 e. The predicted molar refractivity (Wildman–Crippen MR) is 48.1 cm³/mol. The summed E-state index contributed by atoms with van der Waals surface area (Å²) in [5.74, 6) is -1.17. The Kier molecular flexibility index (Phi) is 2.89. The topological polar surface area (TPSA) is 83.1 Å². The standard InChI is InChI=1S/C8H5ClN2O3/c9-6-1-5(2-10)8(14)11(3-6)4-7(12)13/h1,3H,4H2,(H,12,13). The van der Waals surface area contributed by atoms with Crippen molar-refractivity contribution < 1.29 is 9.90 Å². The van der Waals surface area contributed by atoms with Gasteiger partial charge in [0.05, 0.1) is 5.02 Å². The molecule has 0 aliphatic rings. The number of pyridine rings is 1. The molecule has 0 atom stereocenters. The van der Waals surface area contributed by atoms with Crippen molar-refractivity contribution in [2.24, 2.45) is 0 Å². The second kappa shape index (κ2) is 3.94. The second-order valence-electron chi connectivity index (χ2n) is 2.51. The van der Waals surface area contributed by atoms with Gasteiger partial charge >= 0.3 is 5.97 Å². The van der Waals surface area contributed by atoms with Crippen LogP contribution in [0.2, 0.25) is 5.02 Å². The summed E-state index contributed by atoms with van der Waals surface area (Å²) in [4.78, 5) is 21.7. The molecule has 1 aromatic rings. The van der Waals surface area contributed by atoms with Crippen LogP contribution in [0.1, 0.15) is 5.56 Å². The lowest BCUT2D eigenvalue weighted by Crippen LogP contribution is -2.25. The van der Waals surface area contributed by atoms with Crippen molar-refractivity contribution in [1.29, 1.82) is 5.26 Å². The summed E-state index contributed by atoms with van der Waals surface area (Å²) >= 11 is 5.58. The van der Waals surface area contributed by atoms with Gasteiger partial charge in [0.25, 0.3) is 5.56 Å². The Hall–Kier alpha value is -1.80. The van der Waals surface area contributed by atoms with Gasteiger partial charge in [0.15, 0.2) is 0 Å². The maximum absolute atomic E-state index is 11.3. The summed E-state index contributed by atoms with van der Waals surface area (Å²) in [5, 5.41) is 17.1. The van der Waals surface area contributed by atoms with Crippen LogP contribution in [-0.2, 0) is 11.3 Å². The molecule has 1 rings (SSSR count). The number of carboxylic acids is 1. The Bertz CT molecular complexity index is 472. The molecule has 1 heterocycles. The van der Waals surface area contributed by atoms with E-state index in [0.29, 0.717) is 0 Å². The van der Waals surface area contributed by atoms with E-state index >= 15 is 0 Å². The molecular weight excluding hydrogens is 208 g/mol. The third-order valence-electron chi connectivity index (χ3n) is 1.48. The van der Waals surface area contributed by atoms with Crippen molar-refractivity contribution in [3.63, 3.8) is 0 Å². The quantitative estimate of drug-likeness (QED) is 0.772. The predicted octanol–water partition coefficient (Wildman–Crippen LogP) is 0.458. The molecule has 14 heavy (non-hydrogen) atoms. The number of hydrogen-bond acceptors (Lipinski definition) is 3. The van der Waals surface area contributed by atoms with Crippen LogP contribution in [0.15, 0.2) is 17.1 Å². The maximum atomic E-state index is 11.3. The molecule has 0 saturated carbocycles. The van der Waals surface area contributed by atoms with E-state index in [1.54, 1.807) is 6.07 Å². The largest absolute Gasteiger partial charge is 0.480 e. The van der Waals surface area contributed by atoms with Crippen LogP contribution in [0.5, 0.6) is 0 Å². The van der Waals surface area contributed by atoms with Crippen LogP contribution in [0, 0.1) is 11.3 Å². The Labute approximate surface area is 83.8 Å². The number of hydrogen-bond donors (Lipinski definition) is 1. The van der Waals surface area contributed by atoms with Gasteiger partial charge in [-0.25, -0.2) is 0 Å². The zero-order valence-electron chi connectivity index (χ0n) is 6.90. The van der Waals surface area contributed by atoms with Crippen LogP contribution < -0.4 is 5.56 Å². The van der Waals surface area contributed by atoms with E-state index in [0.717, 1.165) is 4.57 Å². The van der Waals surface area contributed by atoms with Crippen molar-refractivity contribution in [1.82, 2.24) is 4.57 Å². The van der Waals surface area contributed by atoms with Crippen LogP contribution in [0.3, 0.4) is 0 Å². The summed E-state index contributed by atoms with van der Waals surface area (Å²) in [6.07, 6.45) is 1.18. The van der Waals surface area contributed by atoms with Gasteiger partial charge in [-0.05, 0) is 6.07 Å². The van der Waals surface area contributed by atoms with Crippen LogP contribution in [-0.4, -0.2) is 15.6 Å². The molecule has 0 radical (unpaired) electrons. The van der Waals surface area contributed by atoms with Crippen molar-refractivity contribution in [2.45, 2.75) is 6.54 Å². The molecule has 0 bridgehead atoms. The lowest BCUT2D eigenvalue weighted by molar-refractivity contribution is -0.137. The van der Waals surface area contributed by atoms with E-state index < -0.39 is 18.1 Å². The van der Waals surface area contributed by atoms with E-state index in [4.69, 9.17) is 22.0 Å². The molecule has 6 heteroatoms. The first-order valence-electron chi connectivity index (χ1n) is 3.56. The molecule has 0 unspecified atom stereocenters. The number of nitriles is 1. The van der Waals surface area contributed by atoms with E-state index in [2.05, 4.69) is 0 Å². The SMILES string of the molecule is N#Cc1cc(Cl)cn(CC(=O)O)c1=O. The average molecular weight is 213 g/mol. The highest BCUT2D eigenvalue weighted by Gasteiger charge is 2.07. The van der Waals surface area contributed by atoms with Gasteiger partial charge in [-0.3, -0.25) is 9.59 Å². The number of carboxylic acid groups (broad SMARTS) is 1. The van der Waals surface area contributed by atoms with Crippen LogP contribution in [0.25, 0.3) is 0 Å². The van der Waals surface area contributed by atoms with E-state index in [9.17, 15) is 9.59 Å². The van der Waals surface area contributed by atoms with Crippen molar-refractivity contribution >= 4 is 17.6 Å². The Morgan fingerprint density at radius 3 is 2.86 bits per heavy atom. The van der Waals surface area contributed by atoms with Crippen LogP contribution >= 0.6 is 11.6 Å². The molecule has 0 spiro atoms. The van der Waals surface area contributed by atoms with Gasteiger partial charge in [-0.2, -0.15) is 5.26 Å². The zero-order valence-corrected chi connectivity index (χ0v) is 7.65. The molecule has 5 nitrogen and oxygen atoms in total. The number of nitrogens with zero attached hydrogens (tertiary/aromatic N) is 2. The zero-order chi connectivity index (χ0) is 10.7. The molecule has 0 saturated heterocycles. The molecule has 0 aromatic carbocycles. The first-order valence-corrected chi connectivity index (χ1v) is 3.94. The fourth-order valence-corrected chi connectivity index (χ4v) is 1.17. The monoisotopic (exact) mass is 212 g/mol. The van der Waals surface area contributed by atoms with Gasteiger partial charge in [-0.1, -0.05) is 11.6 Å². The molecule has 1 aromatic heterocycles. The van der Waals surface area contributed by atoms with E-state index in [1.807, 2.05) is 0 Å². The minimum atomic E-state index is -1.17. The van der Waals surface area contributed by atoms with Gasteiger partial charge in [0.1, 0.15) is 18.2 Å². The summed E-state index contributed by atoms with van der Waals surface area (Å²) in [6, 6.07) is 2.84. The third-order valence-corrected chi connectivity index (χ3v) is 1.69. The highest BCUT2D eigenvalue weighted by Crippen LogP contribution is 2.06. The lowest BCUT2D eigenvalue weighted by Gasteiger charge is -2.02. The number of aromatic nitrogens is 1. The third kappa shape index (κ3) is 2.12. The molecular formula is C8H5ClN2O3. The summed E-state index contributed by atoms with van der Waals surface area (Å²) in [7, 11) is 0. The van der Waals surface area contributed by atoms with Gasteiger partial charge in [0, 0.05) is 6.20 Å². The summed E-state index contributed by atoms with van der Waals surface area (Å²) in [5.41, 5.74) is -0.821. The number of rotatable bonds is 2. The first-order chi connectivity index (χ1) is 6.54. The molecule has 72 valence electrons. The molecule has 0 fully saturated rings. The Morgan fingerprint density at radius 2 is 2.36 bits per heavy atom. The molecule has 1 N–H and O–H groups in total. The molecule has 0 amide bonds. The highest BCUT2D eigenvalue weighted by atomic mass is 35.5. The number of carbonyl (C=O) groups is 1. The van der Waals surface area contributed by atoms with E-state index in [-0.39, 0.29) is 10.6 Å². The van der Waals surface area contributed by atoms with Crippen molar-refractivity contribution in [2.75, 3.05) is 0 Å². The maximum Gasteiger partial charge on any atom is 0.323 e. The van der Waals surface area contributed by atoms with Gasteiger partial charge in [-0.15, -0.1) is 0 Å². The molecule has 0 aliphatic heterocycles. The average Bonchev–Trinajstić information content (AvgIpc) is 2.09. The van der Waals surface area contributed by atoms with Gasteiger partial charge < -0.3 is 9.67 Å². The van der Waals surface area contributed by atoms with Gasteiger partial charge in [0.2, 0.25) is 0 Å². The number of aliphatic carboxylic acids is 1. The minimum absolute atomic E-state index is 0.155. The molecule has 0 aliphatic carbocycles.